The molecule has 97 valence electrons. The van der Waals surface area contributed by atoms with E-state index in [0.717, 1.165) is 12.8 Å². The van der Waals surface area contributed by atoms with Crippen LogP contribution in [-0.2, 0) is 0 Å². The van der Waals surface area contributed by atoms with Crippen molar-refractivity contribution in [1.82, 2.24) is 0 Å². The second-order valence-electron chi connectivity index (χ2n) is 4.80. The molecule has 0 aromatic carbocycles. The van der Waals surface area contributed by atoms with E-state index in [0.29, 0.717) is 6.32 Å². The van der Waals surface area contributed by atoms with Crippen LogP contribution in [0.5, 0.6) is 0 Å². The van der Waals surface area contributed by atoms with Gasteiger partial charge in [0.1, 0.15) is 0 Å². The molecule has 0 aliphatic carbocycles. The van der Waals surface area contributed by atoms with Gasteiger partial charge in [-0.2, -0.15) is 0 Å². The molecule has 0 saturated carbocycles. The number of hydrogen-bond acceptors (Lipinski definition) is 2. The molecule has 4 heteroatoms. The summed E-state index contributed by atoms with van der Waals surface area (Å²) in [6.07, 6.45) is 14.9. The van der Waals surface area contributed by atoms with Crippen LogP contribution in [0.4, 0.5) is 0 Å². The summed E-state index contributed by atoms with van der Waals surface area (Å²) in [7, 11) is -1.10. The summed E-state index contributed by atoms with van der Waals surface area (Å²) in [5.74, 6) is 0. The molecule has 1 radical (unpaired) electrons. The molecule has 0 saturated heterocycles. The van der Waals surface area contributed by atoms with Gasteiger partial charge in [-0.1, -0.05) is 77.6 Å². The van der Waals surface area contributed by atoms with Crippen LogP contribution < -0.4 is 0 Å². The second-order valence-corrected chi connectivity index (χ2v) is 4.80. The van der Waals surface area contributed by atoms with E-state index in [2.05, 4.69) is 6.92 Å². The van der Waals surface area contributed by atoms with E-state index in [4.69, 9.17) is 10.0 Å². The van der Waals surface area contributed by atoms with Crippen molar-refractivity contribution in [2.24, 2.45) is 0 Å². The van der Waals surface area contributed by atoms with Gasteiger partial charge in [-0.25, -0.2) is 0 Å². The Morgan fingerprint density at radius 2 is 1.00 bits per heavy atom. The molecule has 0 spiro atoms. The maximum atomic E-state index is 8.65. The third kappa shape index (κ3) is 20.1. The predicted octanol–water partition coefficient (Wildman–Crippen LogP) is 3.39. The van der Waals surface area contributed by atoms with Crippen LogP contribution in [0.2, 0.25) is 6.32 Å². The Bertz CT molecular complexity index is 135. The van der Waals surface area contributed by atoms with Gasteiger partial charge >= 0.3 is 7.12 Å². The second kappa shape index (κ2) is 17.6. The first kappa shape index (κ1) is 20.9. The zero-order valence-electron chi connectivity index (χ0n) is 12.0. The van der Waals surface area contributed by atoms with Crippen molar-refractivity contribution < 1.29 is 10.0 Å². The molecule has 0 bridgehead atoms. The maximum Gasteiger partial charge on any atom is 0.451 e. The summed E-state index contributed by atoms with van der Waals surface area (Å²) in [6, 6.07) is 0. The fourth-order valence-electron chi connectivity index (χ4n) is 1.99. The van der Waals surface area contributed by atoms with Gasteiger partial charge in [0.15, 0.2) is 0 Å². The van der Waals surface area contributed by atoms with Gasteiger partial charge < -0.3 is 10.0 Å². The Labute approximate surface area is 151 Å². The summed E-state index contributed by atoms with van der Waals surface area (Å²) in [5, 5.41) is 17.3. The molecule has 0 fully saturated rings. The summed E-state index contributed by atoms with van der Waals surface area (Å²) in [5.41, 5.74) is 0. The third-order valence-corrected chi connectivity index (χ3v) is 3.07. The Hall–Kier alpha value is 1.62. The molecule has 2 N–H and O–H groups in total. The smallest absolute Gasteiger partial charge is 0.427 e. The molecule has 0 aromatic rings. The Morgan fingerprint density at radius 3 is 1.35 bits per heavy atom. The van der Waals surface area contributed by atoms with Crippen LogP contribution in [0, 0.1) is 0 Å². The molecule has 0 atom stereocenters. The Morgan fingerprint density at radius 1 is 0.647 bits per heavy atom. The van der Waals surface area contributed by atoms with E-state index in [1.165, 1.54) is 57.8 Å². The van der Waals surface area contributed by atoms with E-state index in [1.54, 1.807) is 0 Å². The summed E-state index contributed by atoms with van der Waals surface area (Å²) < 4.78 is 0. The number of rotatable bonds is 12. The van der Waals surface area contributed by atoms with Crippen LogP contribution in [0.1, 0.15) is 77.6 Å². The molecule has 0 rings (SSSR count). The largest absolute Gasteiger partial charge is 0.451 e. The van der Waals surface area contributed by atoms with Crippen LogP contribution in [0.3, 0.4) is 0 Å². The van der Waals surface area contributed by atoms with Gasteiger partial charge in [0, 0.05) is 51.4 Å². The fourth-order valence-corrected chi connectivity index (χ4v) is 1.99. The minimum Gasteiger partial charge on any atom is -0.427 e. The van der Waals surface area contributed by atoms with Gasteiger partial charge in [0.2, 0.25) is 0 Å². The van der Waals surface area contributed by atoms with Crippen molar-refractivity contribution in [3.05, 3.63) is 0 Å². The Kier molecular flexibility index (Phi) is 21.7. The minimum absolute atomic E-state index is 0. The summed E-state index contributed by atoms with van der Waals surface area (Å²) >= 11 is 0. The van der Waals surface area contributed by atoms with E-state index in [-0.39, 0.29) is 51.4 Å². The van der Waals surface area contributed by atoms with Crippen molar-refractivity contribution in [3.8, 4) is 0 Å². The first-order chi connectivity index (χ1) is 7.77. The van der Waals surface area contributed by atoms with E-state index in [1.807, 2.05) is 0 Å². The molecule has 2 nitrogen and oxygen atoms in total. The van der Waals surface area contributed by atoms with Gasteiger partial charge in [0.05, 0.1) is 0 Å². The maximum absolute atomic E-state index is 8.65. The van der Waals surface area contributed by atoms with Crippen molar-refractivity contribution in [1.29, 1.82) is 0 Å². The van der Waals surface area contributed by atoms with Gasteiger partial charge in [-0.15, -0.1) is 0 Å². The van der Waals surface area contributed by atoms with Crippen molar-refractivity contribution >= 4 is 58.5 Å². The molecule has 0 unspecified atom stereocenters. The number of hydrogen-bond donors (Lipinski definition) is 2. The summed E-state index contributed by atoms with van der Waals surface area (Å²) in [6.45, 7) is 2.25. The minimum atomic E-state index is -1.10. The van der Waals surface area contributed by atoms with E-state index in [9.17, 15) is 0 Å². The SMILES string of the molecule is CCCCCCCCCCCCCB(O)O.[K]. The molecule has 17 heavy (non-hydrogen) atoms. The molecule has 0 aliphatic heterocycles. The number of unbranched alkanes of at least 4 members (excludes halogenated alkanes) is 10. The molecule has 0 heterocycles. The van der Waals surface area contributed by atoms with Crippen molar-refractivity contribution in [2.75, 3.05) is 0 Å². The topological polar surface area (TPSA) is 40.5 Å². The first-order valence-electron chi connectivity index (χ1n) is 7.13. The fraction of sp³-hybridized carbons (Fsp3) is 1.00. The average Bonchev–Trinajstić information content (AvgIpc) is 2.25. The normalized spacial score (nSPS) is 10.1. The monoisotopic (exact) mass is 267 g/mol. The quantitative estimate of drug-likeness (QED) is 0.420. The van der Waals surface area contributed by atoms with Gasteiger partial charge in [0.25, 0.3) is 0 Å². The predicted molar refractivity (Wildman–Crippen MR) is 77.2 cm³/mol. The third-order valence-electron chi connectivity index (χ3n) is 3.07. The molecule has 0 aromatic heterocycles. The van der Waals surface area contributed by atoms with Crippen LogP contribution >= 0.6 is 0 Å². The first-order valence-corrected chi connectivity index (χ1v) is 7.13. The Balaban J connectivity index is 0. The molecule has 0 amide bonds. The van der Waals surface area contributed by atoms with Crippen LogP contribution in [0.25, 0.3) is 0 Å². The van der Waals surface area contributed by atoms with E-state index >= 15 is 0 Å². The van der Waals surface area contributed by atoms with Crippen molar-refractivity contribution in [2.45, 2.75) is 83.9 Å². The summed E-state index contributed by atoms with van der Waals surface area (Å²) in [4.78, 5) is 0. The zero-order valence-corrected chi connectivity index (χ0v) is 15.1. The van der Waals surface area contributed by atoms with Gasteiger partial charge in [-0.3, -0.25) is 0 Å². The zero-order chi connectivity index (χ0) is 12.1. The van der Waals surface area contributed by atoms with Gasteiger partial charge in [-0.05, 0) is 6.32 Å². The van der Waals surface area contributed by atoms with Crippen LogP contribution in [0.15, 0.2) is 0 Å². The standard InChI is InChI=1S/C13H29BO2.K/c1-2-3-4-5-6-7-8-9-10-11-12-13-14(15)16;/h15-16H,2-13H2,1H3;. The van der Waals surface area contributed by atoms with Crippen LogP contribution in [-0.4, -0.2) is 68.6 Å². The molecular weight excluding hydrogens is 238 g/mol. The van der Waals surface area contributed by atoms with Crippen molar-refractivity contribution in [3.63, 3.8) is 0 Å². The average molecular weight is 267 g/mol. The molecular formula is C13H29BKO2. The van der Waals surface area contributed by atoms with E-state index < -0.39 is 7.12 Å². The molecule has 0 aliphatic rings.